The fourth-order valence-corrected chi connectivity index (χ4v) is 4.04. The highest BCUT2D eigenvalue weighted by molar-refractivity contribution is 14.0. The molecular weight excluding hydrogens is 469 g/mol. The molecule has 28 heavy (non-hydrogen) atoms. The molecule has 1 amide bonds. The number of carbonyl (C=O) groups is 1. The average Bonchev–Trinajstić information content (AvgIpc) is 2.92. The lowest BCUT2D eigenvalue weighted by molar-refractivity contribution is 0.0963. The summed E-state index contributed by atoms with van der Waals surface area (Å²) in [6, 6.07) is 0.726. The Bertz CT molecular complexity index is 473. The Hall–Kier alpha value is -0.770. The van der Waals surface area contributed by atoms with Crippen LogP contribution in [0.1, 0.15) is 59.3 Å². The highest BCUT2D eigenvalue weighted by Crippen LogP contribution is 2.18. The summed E-state index contributed by atoms with van der Waals surface area (Å²) in [5.41, 5.74) is 6.17. The quantitative estimate of drug-likeness (QED) is 0.327. The number of nitrogens with two attached hydrogens (primary N) is 1. The fourth-order valence-electron chi connectivity index (χ4n) is 4.04. The average molecular weight is 509 g/mol. The van der Waals surface area contributed by atoms with E-state index in [0.29, 0.717) is 37.6 Å². The third-order valence-corrected chi connectivity index (χ3v) is 5.70. The summed E-state index contributed by atoms with van der Waals surface area (Å²) in [6.45, 7) is 11.3. The van der Waals surface area contributed by atoms with Crippen LogP contribution < -0.4 is 11.1 Å². The van der Waals surface area contributed by atoms with E-state index in [1.54, 1.807) is 4.90 Å². The number of hydrogen-bond acceptors (Lipinski definition) is 4. The van der Waals surface area contributed by atoms with Crippen LogP contribution in [0.3, 0.4) is 0 Å². The topological polar surface area (TPSA) is 83.2 Å². The predicted molar refractivity (Wildman–Crippen MR) is 125 cm³/mol. The van der Waals surface area contributed by atoms with Crippen molar-refractivity contribution in [1.29, 1.82) is 0 Å². The maximum Gasteiger partial charge on any atom is 0.409 e. The molecule has 8 heteroatoms. The van der Waals surface area contributed by atoms with Crippen LogP contribution in [0.5, 0.6) is 0 Å². The van der Waals surface area contributed by atoms with Gasteiger partial charge in [0.05, 0.1) is 13.2 Å². The largest absolute Gasteiger partial charge is 0.450 e. The number of nitrogens with one attached hydrogen (secondary N) is 1. The van der Waals surface area contributed by atoms with E-state index in [1.165, 1.54) is 38.8 Å². The van der Waals surface area contributed by atoms with Crippen molar-refractivity contribution >= 4 is 36.0 Å². The normalized spacial score (nSPS) is 21.0. The van der Waals surface area contributed by atoms with Crippen LogP contribution in [-0.2, 0) is 4.74 Å². The van der Waals surface area contributed by atoms with Gasteiger partial charge in [0.25, 0.3) is 0 Å². The van der Waals surface area contributed by atoms with E-state index >= 15 is 0 Å². The predicted octanol–water partition coefficient (Wildman–Crippen LogP) is 3.03. The lowest BCUT2D eigenvalue weighted by atomic mass is 10.0. The Morgan fingerprint density at radius 2 is 1.75 bits per heavy atom. The van der Waals surface area contributed by atoms with E-state index in [2.05, 4.69) is 29.1 Å². The zero-order valence-corrected chi connectivity index (χ0v) is 20.2. The Morgan fingerprint density at radius 1 is 1.14 bits per heavy atom. The molecule has 0 radical (unpaired) electrons. The Labute approximate surface area is 187 Å². The lowest BCUT2D eigenvalue weighted by Crippen LogP contribution is -2.49. The number of aliphatic imine (C=N–C) groups is 1. The van der Waals surface area contributed by atoms with Gasteiger partial charge in [-0.1, -0.05) is 26.7 Å². The first-order valence-electron chi connectivity index (χ1n) is 10.7. The number of ether oxygens (including phenoxy) is 1. The SMILES string of the molecule is CCOC(=O)N1CCC(NC(N)=NCC(C(C)C)N2CCCCCC2)CC1.I. The molecule has 2 fully saturated rings. The molecule has 7 nitrogen and oxygen atoms in total. The lowest BCUT2D eigenvalue weighted by Gasteiger charge is -2.33. The van der Waals surface area contributed by atoms with E-state index in [0.717, 1.165) is 19.4 Å². The molecule has 2 aliphatic heterocycles. The molecule has 1 atom stereocenters. The van der Waals surface area contributed by atoms with Gasteiger partial charge in [-0.25, -0.2) is 4.79 Å². The molecule has 2 rings (SSSR count). The summed E-state index contributed by atoms with van der Waals surface area (Å²) in [5.74, 6) is 1.09. The summed E-state index contributed by atoms with van der Waals surface area (Å²) in [7, 11) is 0. The number of likely N-dealkylation sites (tertiary alicyclic amines) is 2. The maximum atomic E-state index is 11.8. The van der Waals surface area contributed by atoms with Crippen molar-refractivity contribution in [3.8, 4) is 0 Å². The summed E-state index contributed by atoms with van der Waals surface area (Å²) in [6.07, 6.45) is 6.80. The van der Waals surface area contributed by atoms with E-state index in [4.69, 9.17) is 10.5 Å². The van der Waals surface area contributed by atoms with Gasteiger partial charge in [0.1, 0.15) is 0 Å². The van der Waals surface area contributed by atoms with Crippen LogP contribution in [0, 0.1) is 5.92 Å². The van der Waals surface area contributed by atoms with Crippen molar-refractivity contribution in [3.05, 3.63) is 0 Å². The molecule has 3 N–H and O–H groups in total. The second kappa shape index (κ2) is 13.5. The molecule has 2 heterocycles. The van der Waals surface area contributed by atoms with Crippen molar-refractivity contribution in [2.24, 2.45) is 16.6 Å². The number of nitrogens with zero attached hydrogens (tertiary/aromatic N) is 3. The zero-order chi connectivity index (χ0) is 19.6. The molecule has 2 saturated heterocycles. The number of rotatable bonds is 6. The van der Waals surface area contributed by atoms with Gasteiger partial charge in [0.2, 0.25) is 0 Å². The van der Waals surface area contributed by atoms with Crippen LogP contribution in [0.15, 0.2) is 4.99 Å². The van der Waals surface area contributed by atoms with Crippen LogP contribution in [0.2, 0.25) is 0 Å². The van der Waals surface area contributed by atoms with E-state index in [1.807, 2.05) is 6.92 Å². The van der Waals surface area contributed by atoms with Gasteiger partial charge in [-0.3, -0.25) is 9.89 Å². The smallest absolute Gasteiger partial charge is 0.409 e. The minimum absolute atomic E-state index is 0. The molecule has 164 valence electrons. The Kier molecular flexibility index (Phi) is 12.1. The molecule has 0 aromatic carbocycles. The highest BCUT2D eigenvalue weighted by atomic mass is 127. The minimum atomic E-state index is -0.213. The first kappa shape index (κ1) is 25.3. The minimum Gasteiger partial charge on any atom is -0.450 e. The standard InChI is InChI=1S/C20H39N5O2.HI/c1-4-27-20(26)25-13-9-17(10-14-25)23-19(21)22-15-18(16(2)3)24-11-7-5-6-8-12-24;/h16-18H,4-15H2,1-3H3,(H3,21,22,23);1H. The number of hydrogen-bond donors (Lipinski definition) is 2. The number of piperidine rings is 1. The molecule has 0 saturated carbocycles. The van der Waals surface area contributed by atoms with Crippen LogP contribution in [-0.4, -0.2) is 73.3 Å². The van der Waals surface area contributed by atoms with Crippen molar-refractivity contribution in [1.82, 2.24) is 15.1 Å². The molecule has 2 aliphatic rings. The second-order valence-corrected chi connectivity index (χ2v) is 8.09. The first-order chi connectivity index (χ1) is 13.0. The molecule has 0 aromatic rings. The van der Waals surface area contributed by atoms with Crippen molar-refractivity contribution in [3.63, 3.8) is 0 Å². The van der Waals surface area contributed by atoms with Crippen LogP contribution in [0.25, 0.3) is 0 Å². The van der Waals surface area contributed by atoms with Crippen molar-refractivity contribution < 1.29 is 9.53 Å². The van der Waals surface area contributed by atoms with Gasteiger partial charge in [-0.05, 0) is 51.6 Å². The monoisotopic (exact) mass is 509 g/mol. The van der Waals surface area contributed by atoms with Crippen molar-refractivity contribution in [2.45, 2.75) is 71.4 Å². The van der Waals surface area contributed by atoms with E-state index in [-0.39, 0.29) is 36.1 Å². The van der Waals surface area contributed by atoms with Gasteiger partial charge < -0.3 is 20.7 Å². The van der Waals surface area contributed by atoms with Crippen LogP contribution in [0.4, 0.5) is 4.79 Å². The fraction of sp³-hybridized carbons (Fsp3) is 0.900. The van der Waals surface area contributed by atoms with Gasteiger partial charge in [-0.15, -0.1) is 24.0 Å². The maximum absolute atomic E-state index is 11.8. The highest BCUT2D eigenvalue weighted by Gasteiger charge is 2.25. The second-order valence-electron chi connectivity index (χ2n) is 8.09. The van der Waals surface area contributed by atoms with Gasteiger partial charge >= 0.3 is 6.09 Å². The van der Waals surface area contributed by atoms with Gasteiger partial charge in [0.15, 0.2) is 5.96 Å². The van der Waals surface area contributed by atoms with E-state index in [9.17, 15) is 4.79 Å². The van der Waals surface area contributed by atoms with Gasteiger partial charge in [-0.2, -0.15) is 0 Å². The third-order valence-electron chi connectivity index (χ3n) is 5.70. The molecular formula is C20H40IN5O2. The molecule has 1 unspecified atom stereocenters. The van der Waals surface area contributed by atoms with E-state index < -0.39 is 0 Å². The molecule has 0 spiro atoms. The number of amides is 1. The van der Waals surface area contributed by atoms with Crippen LogP contribution >= 0.6 is 24.0 Å². The summed E-state index contributed by atoms with van der Waals surface area (Å²) in [4.78, 5) is 20.8. The molecule has 0 bridgehead atoms. The van der Waals surface area contributed by atoms with Gasteiger partial charge in [0, 0.05) is 25.2 Å². The Balaban J connectivity index is 0.00000392. The number of guanidine groups is 1. The molecule has 0 aromatic heterocycles. The summed E-state index contributed by atoms with van der Waals surface area (Å²) >= 11 is 0. The summed E-state index contributed by atoms with van der Waals surface area (Å²) < 4.78 is 5.06. The molecule has 0 aliphatic carbocycles. The van der Waals surface area contributed by atoms with Crippen molar-refractivity contribution in [2.75, 3.05) is 39.3 Å². The zero-order valence-electron chi connectivity index (χ0n) is 17.9. The Morgan fingerprint density at radius 3 is 2.29 bits per heavy atom. The summed E-state index contributed by atoms with van der Waals surface area (Å²) in [5, 5.41) is 3.35. The number of carbonyl (C=O) groups excluding carboxylic acids is 1. The third kappa shape index (κ3) is 8.31. The number of halogens is 1. The first-order valence-corrected chi connectivity index (χ1v) is 10.7.